The predicted octanol–water partition coefficient (Wildman–Crippen LogP) is 3.21. The molecule has 0 aromatic heterocycles. The van der Waals surface area contributed by atoms with Crippen LogP contribution in [0.5, 0.6) is 0 Å². The van der Waals surface area contributed by atoms with Gasteiger partial charge in [-0.05, 0) is 78.5 Å². The van der Waals surface area contributed by atoms with E-state index in [9.17, 15) is 14.4 Å². The molecule has 2 amide bonds. The zero-order chi connectivity index (χ0) is 26.7. The molecular formula is C30H34N2O4. The largest absolute Gasteiger partial charge is 0.388 e. The third-order valence-corrected chi connectivity index (χ3v) is 5.62. The Morgan fingerprint density at radius 3 is 1.94 bits per heavy atom. The molecule has 2 aromatic rings. The molecule has 0 aliphatic rings. The van der Waals surface area contributed by atoms with Crippen LogP contribution in [0.4, 0.5) is 0 Å². The molecule has 0 heterocycles. The first-order valence-corrected chi connectivity index (χ1v) is 11.9. The van der Waals surface area contributed by atoms with Crippen molar-refractivity contribution in [2.24, 2.45) is 5.41 Å². The van der Waals surface area contributed by atoms with Crippen LogP contribution < -0.4 is 5.32 Å². The van der Waals surface area contributed by atoms with Crippen molar-refractivity contribution in [2.75, 3.05) is 20.7 Å². The maximum Gasteiger partial charge on any atom is 0.254 e. The number of aliphatic hydroxyl groups excluding tert-OH is 1. The van der Waals surface area contributed by atoms with E-state index in [-0.39, 0.29) is 5.56 Å². The second-order valence-corrected chi connectivity index (χ2v) is 9.75. The number of carbonyl (C=O) groups is 3. The lowest BCUT2D eigenvalue weighted by molar-refractivity contribution is -0.135. The van der Waals surface area contributed by atoms with E-state index >= 15 is 0 Å². The molecular weight excluding hydrogens is 452 g/mol. The Labute approximate surface area is 214 Å². The second kappa shape index (κ2) is 13.3. The molecule has 6 nitrogen and oxygen atoms in total. The van der Waals surface area contributed by atoms with Crippen LogP contribution in [0.2, 0.25) is 0 Å². The Morgan fingerprint density at radius 1 is 0.944 bits per heavy atom. The van der Waals surface area contributed by atoms with Gasteiger partial charge in [-0.2, -0.15) is 0 Å². The van der Waals surface area contributed by atoms with Gasteiger partial charge >= 0.3 is 0 Å². The number of ketones is 1. The molecule has 0 aliphatic heterocycles. The molecule has 2 N–H and O–H groups in total. The van der Waals surface area contributed by atoms with Crippen molar-refractivity contribution in [3.8, 4) is 23.7 Å². The SMILES string of the molecule is CNC(=O)C(C(=O)CO)N(C)C(=O)c1ccc(C#CC#Cc2ccc(CCCC(C)(C)C)cc2)cc1. The molecule has 0 fully saturated rings. The first-order chi connectivity index (χ1) is 17.1. The van der Waals surface area contributed by atoms with Gasteiger partial charge in [0.2, 0.25) is 5.91 Å². The van der Waals surface area contributed by atoms with Crippen molar-refractivity contribution in [3.63, 3.8) is 0 Å². The minimum absolute atomic E-state index is 0.288. The van der Waals surface area contributed by atoms with Crippen LogP contribution in [-0.2, 0) is 16.0 Å². The van der Waals surface area contributed by atoms with Gasteiger partial charge in [-0.1, -0.05) is 44.7 Å². The number of carbonyl (C=O) groups excluding carboxylic acids is 3. The smallest absolute Gasteiger partial charge is 0.254 e. The number of Topliss-reactive ketones (excluding diaryl/α,β-unsaturated/α-hetero) is 1. The molecule has 1 atom stereocenters. The summed E-state index contributed by atoms with van der Waals surface area (Å²) in [6.45, 7) is 5.93. The Bertz CT molecular complexity index is 1170. The van der Waals surface area contributed by atoms with Gasteiger partial charge in [0.25, 0.3) is 5.91 Å². The number of nitrogens with one attached hydrogen (secondary N) is 1. The molecule has 0 saturated carbocycles. The van der Waals surface area contributed by atoms with Gasteiger partial charge in [-0.3, -0.25) is 14.4 Å². The molecule has 0 spiro atoms. The summed E-state index contributed by atoms with van der Waals surface area (Å²) < 4.78 is 0. The third kappa shape index (κ3) is 8.73. The maximum atomic E-state index is 12.7. The molecule has 6 heteroatoms. The first kappa shape index (κ1) is 28.4. The van der Waals surface area contributed by atoms with Gasteiger partial charge in [-0.15, -0.1) is 0 Å². The lowest BCUT2D eigenvalue weighted by Crippen LogP contribution is -2.52. The summed E-state index contributed by atoms with van der Waals surface area (Å²) in [7, 11) is 2.70. The predicted molar refractivity (Wildman–Crippen MR) is 141 cm³/mol. The van der Waals surface area contributed by atoms with Gasteiger partial charge in [0.1, 0.15) is 6.61 Å². The number of likely N-dealkylation sites (N-methyl/N-ethyl adjacent to an activating group) is 2. The normalized spacial score (nSPS) is 11.3. The molecule has 0 radical (unpaired) electrons. The van der Waals surface area contributed by atoms with Crippen molar-refractivity contribution >= 4 is 17.6 Å². The average molecular weight is 487 g/mol. The van der Waals surface area contributed by atoms with E-state index in [1.165, 1.54) is 26.1 Å². The monoisotopic (exact) mass is 486 g/mol. The van der Waals surface area contributed by atoms with Gasteiger partial charge in [0.05, 0.1) is 0 Å². The quantitative estimate of drug-likeness (QED) is 0.443. The summed E-state index contributed by atoms with van der Waals surface area (Å²) >= 11 is 0. The number of aliphatic hydroxyl groups is 1. The van der Waals surface area contributed by atoms with Crippen LogP contribution in [0, 0.1) is 29.1 Å². The van der Waals surface area contributed by atoms with Crippen LogP contribution in [0.25, 0.3) is 0 Å². The zero-order valence-corrected chi connectivity index (χ0v) is 21.6. The lowest BCUT2D eigenvalue weighted by Gasteiger charge is -2.25. The fourth-order valence-electron chi connectivity index (χ4n) is 3.56. The molecule has 0 saturated heterocycles. The van der Waals surface area contributed by atoms with Crippen LogP contribution >= 0.6 is 0 Å². The van der Waals surface area contributed by atoms with Gasteiger partial charge < -0.3 is 15.3 Å². The molecule has 2 rings (SSSR count). The Hall–Kier alpha value is -3.87. The Kier molecular flexibility index (Phi) is 10.5. The standard InChI is InChI=1S/C30H34N2O4/c1-30(2,3)20-8-11-24-14-12-22(13-15-24)9-6-7-10-23-16-18-25(19-17-23)29(36)32(5)27(26(34)21-33)28(35)31-4/h12-19,27,33H,8,11,20-21H2,1-5H3,(H,31,35). The van der Waals surface area contributed by atoms with Crippen molar-refractivity contribution in [1.29, 1.82) is 0 Å². The Balaban J connectivity index is 2.00. The molecule has 0 aliphatic carbocycles. The van der Waals surface area contributed by atoms with E-state index in [0.29, 0.717) is 11.0 Å². The van der Waals surface area contributed by atoms with Gasteiger partial charge in [0.15, 0.2) is 11.8 Å². The summed E-state index contributed by atoms with van der Waals surface area (Å²) in [6.07, 6.45) is 3.41. The summed E-state index contributed by atoms with van der Waals surface area (Å²) in [5.41, 5.74) is 3.52. The van der Waals surface area contributed by atoms with Gasteiger partial charge in [-0.25, -0.2) is 0 Å². The molecule has 0 bridgehead atoms. The molecule has 1 unspecified atom stereocenters. The van der Waals surface area contributed by atoms with E-state index in [1.807, 2.05) is 12.1 Å². The lowest BCUT2D eigenvalue weighted by atomic mass is 9.89. The van der Waals surface area contributed by atoms with Crippen LogP contribution in [0.1, 0.15) is 60.7 Å². The van der Waals surface area contributed by atoms with Crippen LogP contribution in [0.15, 0.2) is 48.5 Å². The number of nitrogens with zero attached hydrogens (tertiary/aromatic N) is 1. The Morgan fingerprint density at radius 2 is 1.47 bits per heavy atom. The average Bonchev–Trinajstić information content (AvgIpc) is 2.86. The van der Waals surface area contributed by atoms with E-state index in [1.54, 1.807) is 24.3 Å². The summed E-state index contributed by atoms with van der Waals surface area (Å²) in [6, 6.07) is 13.3. The second-order valence-electron chi connectivity index (χ2n) is 9.75. The topological polar surface area (TPSA) is 86.7 Å². The molecule has 188 valence electrons. The van der Waals surface area contributed by atoms with E-state index in [0.717, 1.165) is 23.3 Å². The number of aryl methyl sites for hydroxylation is 1. The molecule has 2 aromatic carbocycles. The van der Waals surface area contributed by atoms with Crippen LogP contribution in [-0.4, -0.2) is 54.3 Å². The van der Waals surface area contributed by atoms with E-state index in [2.05, 4.69) is 61.9 Å². The van der Waals surface area contributed by atoms with E-state index in [4.69, 9.17) is 5.11 Å². The fourth-order valence-corrected chi connectivity index (χ4v) is 3.56. The number of hydrogen-bond acceptors (Lipinski definition) is 4. The van der Waals surface area contributed by atoms with E-state index < -0.39 is 30.2 Å². The summed E-state index contributed by atoms with van der Waals surface area (Å²) in [5, 5.41) is 11.5. The van der Waals surface area contributed by atoms with Crippen molar-refractivity contribution in [1.82, 2.24) is 10.2 Å². The number of hydrogen-bond donors (Lipinski definition) is 2. The highest BCUT2D eigenvalue weighted by molar-refractivity contribution is 6.10. The van der Waals surface area contributed by atoms with Crippen molar-refractivity contribution in [2.45, 2.75) is 46.1 Å². The minimum atomic E-state index is -1.40. The van der Waals surface area contributed by atoms with Crippen molar-refractivity contribution < 1.29 is 19.5 Å². The van der Waals surface area contributed by atoms with Crippen LogP contribution in [0.3, 0.4) is 0 Å². The minimum Gasteiger partial charge on any atom is -0.388 e. The number of benzene rings is 2. The van der Waals surface area contributed by atoms with Gasteiger partial charge in [0, 0.05) is 30.8 Å². The summed E-state index contributed by atoms with van der Waals surface area (Å²) in [4.78, 5) is 37.7. The number of amides is 2. The first-order valence-electron chi connectivity index (χ1n) is 11.9. The zero-order valence-electron chi connectivity index (χ0n) is 21.6. The van der Waals surface area contributed by atoms with Crippen molar-refractivity contribution in [3.05, 3.63) is 70.8 Å². The number of rotatable bonds is 8. The highest BCUT2D eigenvalue weighted by Gasteiger charge is 2.32. The maximum absolute atomic E-state index is 12.7. The fraction of sp³-hybridized carbons (Fsp3) is 0.367. The molecule has 36 heavy (non-hydrogen) atoms. The third-order valence-electron chi connectivity index (χ3n) is 5.62. The highest BCUT2D eigenvalue weighted by Crippen LogP contribution is 2.22. The highest BCUT2D eigenvalue weighted by atomic mass is 16.3. The summed E-state index contributed by atoms with van der Waals surface area (Å²) in [5.74, 6) is 9.70.